The first-order chi connectivity index (χ1) is 8.20. The summed E-state index contributed by atoms with van der Waals surface area (Å²) in [5.41, 5.74) is 0. The first-order valence-electron chi connectivity index (χ1n) is 6.45. The van der Waals surface area contributed by atoms with Gasteiger partial charge in [0.1, 0.15) is 0 Å². The number of nitrogens with zero attached hydrogens (tertiary/aromatic N) is 3. The zero-order chi connectivity index (χ0) is 12.3. The number of aliphatic hydroxyl groups excluding tert-OH is 1. The summed E-state index contributed by atoms with van der Waals surface area (Å²) in [6.45, 7) is 5.85. The molecular formula is C12H21N3O2. The van der Waals surface area contributed by atoms with Gasteiger partial charge in [-0.1, -0.05) is 12.1 Å². The fourth-order valence-electron chi connectivity index (χ4n) is 2.25. The normalized spacial score (nSPS) is 23.8. The van der Waals surface area contributed by atoms with Crippen LogP contribution in [-0.4, -0.2) is 39.3 Å². The van der Waals surface area contributed by atoms with Crippen molar-refractivity contribution in [1.29, 1.82) is 0 Å². The van der Waals surface area contributed by atoms with Crippen molar-refractivity contribution in [3.05, 3.63) is 11.7 Å². The molecule has 2 rings (SSSR count). The summed E-state index contributed by atoms with van der Waals surface area (Å²) in [5, 5.41) is 13.6. The maximum Gasteiger partial charge on any atom is 0.243 e. The summed E-state index contributed by atoms with van der Waals surface area (Å²) in [6.07, 6.45) is 3.59. The molecule has 1 aromatic rings. The number of aliphatic hydroxyl groups is 1. The molecule has 17 heavy (non-hydrogen) atoms. The molecule has 0 saturated carbocycles. The van der Waals surface area contributed by atoms with Crippen molar-refractivity contribution in [2.45, 2.75) is 51.7 Å². The van der Waals surface area contributed by atoms with Crippen LogP contribution in [0.15, 0.2) is 4.52 Å². The molecule has 0 spiro atoms. The fraction of sp³-hybridized carbons (Fsp3) is 0.833. The minimum Gasteiger partial charge on any atom is -0.392 e. The van der Waals surface area contributed by atoms with Crippen LogP contribution in [0.5, 0.6) is 0 Å². The van der Waals surface area contributed by atoms with E-state index in [4.69, 9.17) is 4.52 Å². The lowest BCUT2D eigenvalue weighted by Crippen LogP contribution is -2.39. The number of aryl methyl sites for hydroxylation is 1. The Morgan fingerprint density at radius 2 is 2.41 bits per heavy atom. The molecule has 5 heteroatoms. The van der Waals surface area contributed by atoms with E-state index in [9.17, 15) is 5.11 Å². The molecule has 0 bridgehead atoms. The highest BCUT2D eigenvalue weighted by Gasteiger charge is 2.26. The van der Waals surface area contributed by atoms with Crippen LogP contribution >= 0.6 is 0 Å². The lowest BCUT2D eigenvalue weighted by molar-refractivity contribution is 0.0422. The molecule has 0 amide bonds. The van der Waals surface area contributed by atoms with Gasteiger partial charge in [0, 0.05) is 13.0 Å². The summed E-state index contributed by atoms with van der Waals surface area (Å²) < 4.78 is 5.28. The summed E-state index contributed by atoms with van der Waals surface area (Å²) in [5.74, 6) is 1.45. The molecule has 0 aliphatic carbocycles. The van der Waals surface area contributed by atoms with Gasteiger partial charge in [0.25, 0.3) is 0 Å². The lowest BCUT2D eigenvalue weighted by atomic mass is 10.1. The van der Waals surface area contributed by atoms with Crippen LogP contribution in [0.1, 0.15) is 50.9 Å². The van der Waals surface area contributed by atoms with Crippen LogP contribution in [-0.2, 0) is 6.42 Å². The van der Waals surface area contributed by atoms with Crippen molar-refractivity contribution in [3.63, 3.8) is 0 Å². The minimum absolute atomic E-state index is 0.100. The zero-order valence-corrected chi connectivity index (χ0v) is 10.6. The van der Waals surface area contributed by atoms with E-state index in [-0.39, 0.29) is 12.1 Å². The summed E-state index contributed by atoms with van der Waals surface area (Å²) in [6, 6.07) is 0.100. The second-order valence-electron chi connectivity index (χ2n) is 4.77. The van der Waals surface area contributed by atoms with Crippen molar-refractivity contribution in [2.75, 3.05) is 13.1 Å². The van der Waals surface area contributed by atoms with E-state index in [1.165, 1.54) is 0 Å². The molecule has 2 atom stereocenters. The highest BCUT2D eigenvalue weighted by Crippen LogP contribution is 2.23. The third-order valence-electron chi connectivity index (χ3n) is 3.29. The lowest BCUT2D eigenvalue weighted by Gasteiger charge is -2.32. The van der Waals surface area contributed by atoms with Crippen LogP contribution in [0.3, 0.4) is 0 Å². The van der Waals surface area contributed by atoms with Gasteiger partial charge in [-0.2, -0.15) is 4.98 Å². The molecule has 5 nitrogen and oxygen atoms in total. The van der Waals surface area contributed by atoms with Crippen LogP contribution in [0, 0.1) is 0 Å². The highest BCUT2D eigenvalue weighted by molar-refractivity contribution is 4.93. The Kier molecular flexibility index (Phi) is 4.12. The quantitative estimate of drug-likeness (QED) is 0.863. The average molecular weight is 239 g/mol. The van der Waals surface area contributed by atoms with E-state index in [0.29, 0.717) is 12.4 Å². The predicted molar refractivity (Wildman–Crippen MR) is 63.5 cm³/mol. The van der Waals surface area contributed by atoms with E-state index in [1.54, 1.807) is 0 Å². The Morgan fingerprint density at radius 1 is 1.59 bits per heavy atom. The number of β-amino-alcohol motifs (C(OH)–C–C–N with tert-alkyl or cyclic N) is 1. The van der Waals surface area contributed by atoms with Crippen LogP contribution in [0.2, 0.25) is 0 Å². The van der Waals surface area contributed by atoms with E-state index in [2.05, 4.69) is 28.9 Å². The minimum atomic E-state index is -0.218. The van der Waals surface area contributed by atoms with Crippen LogP contribution in [0.4, 0.5) is 0 Å². The van der Waals surface area contributed by atoms with Gasteiger partial charge in [0.2, 0.25) is 5.89 Å². The number of hydrogen-bond donors (Lipinski definition) is 1. The first-order valence-corrected chi connectivity index (χ1v) is 6.45. The third-order valence-corrected chi connectivity index (χ3v) is 3.29. The topological polar surface area (TPSA) is 62.4 Å². The molecule has 0 radical (unpaired) electrons. The highest BCUT2D eigenvalue weighted by atomic mass is 16.5. The number of rotatable bonds is 4. The molecule has 96 valence electrons. The van der Waals surface area contributed by atoms with Crippen molar-refractivity contribution in [1.82, 2.24) is 15.0 Å². The molecular weight excluding hydrogens is 218 g/mol. The zero-order valence-electron chi connectivity index (χ0n) is 10.6. The van der Waals surface area contributed by atoms with E-state index in [0.717, 1.165) is 38.1 Å². The fourth-order valence-corrected chi connectivity index (χ4v) is 2.25. The number of piperidine rings is 1. The third kappa shape index (κ3) is 3.04. The Labute approximate surface area is 102 Å². The van der Waals surface area contributed by atoms with E-state index < -0.39 is 0 Å². The van der Waals surface area contributed by atoms with Gasteiger partial charge < -0.3 is 9.63 Å². The van der Waals surface area contributed by atoms with Crippen LogP contribution < -0.4 is 0 Å². The molecule has 2 unspecified atom stereocenters. The Hall–Kier alpha value is -0.940. The molecule has 1 N–H and O–H groups in total. The molecule has 1 aliphatic rings. The Bertz CT molecular complexity index is 353. The monoisotopic (exact) mass is 239 g/mol. The second kappa shape index (κ2) is 5.60. The molecule has 1 aliphatic heterocycles. The second-order valence-corrected chi connectivity index (χ2v) is 4.77. The predicted octanol–water partition coefficient (Wildman–Crippen LogP) is 1.54. The van der Waals surface area contributed by atoms with Crippen molar-refractivity contribution >= 4 is 0 Å². The SMILES string of the molecule is CCCc1noc(C(C)N2CCCC(O)C2)n1. The molecule has 1 saturated heterocycles. The van der Waals surface area contributed by atoms with Gasteiger partial charge in [0.05, 0.1) is 12.1 Å². The van der Waals surface area contributed by atoms with Gasteiger partial charge >= 0.3 is 0 Å². The largest absolute Gasteiger partial charge is 0.392 e. The van der Waals surface area contributed by atoms with Gasteiger partial charge in [-0.25, -0.2) is 0 Å². The van der Waals surface area contributed by atoms with Crippen LogP contribution in [0.25, 0.3) is 0 Å². The first kappa shape index (κ1) is 12.5. The maximum atomic E-state index is 9.66. The summed E-state index contributed by atoms with van der Waals surface area (Å²) in [4.78, 5) is 6.60. The van der Waals surface area contributed by atoms with Crippen molar-refractivity contribution in [3.8, 4) is 0 Å². The standard InChI is InChI=1S/C12H21N3O2/c1-3-5-11-13-12(17-14-11)9(2)15-7-4-6-10(16)8-15/h9-10,16H,3-8H2,1-2H3. The molecule has 1 fully saturated rings. The van der Waals surface area contributed by atoms with E-state index in [1.807, 2.05) is 0 Å². The summed E-state index contributed by atoms with van der Waals surface area (Å²) in [7, 11) is 0. The Morgan fingerprint density at radius 3 is 3.12 bits per heavy atom. The molecule has 2 heterocycles. The van der Waals surface area contributed by atoms with E-state index >= 15 is 0 Å². The molecule has 0 aromatic carbocycles. The van der Waals surface area contributed by atoms with Crippen molar-refractivity contribution in [2.24, 2.45) is 0 Å². The van der Waals surface area contributed by atoms with Gasteiger partial charge in [-0.05, 0) is 32.7 Å². The number of likely N-dealkylation sites (tertiary alicyclic amines) is 1. The van der Waals surface area contributed by atoms with Gasteiger partial charge in [0.15, 0.2) is 5.82 Å². The Balaban J connectivity index is 1.99. The van der Waals surface area contributed by atoms with Crippen molar-refractivity contribution < 1.29 is 9.63 Å². The van der Waals surface area contributed by atoms with Gasteiger partial charge in [-0.3, -0.25) is 4.90 Å². The smallest absolute Gasteiger partial charge is 0.243 e. The average Bonchev–Trinajstić information content (AvgIpc) is 2.77. The molecule has 1 aromatic heterocycles. The number of aromatic nitrogens is 2. The maximum absolute atomic E-state index is 9.66. The van der Waals surface area contributed by atoms with Gasteiger partial charge in [-0.15, -0.1) is 0 Å². The number of hydrogen-bond acceptors (Lipinski definition) is 5. The summed E-state index contributed by atoms with van der Waals surface area (Å²) >= 11 is 0.